The molecular formula is C19H28O5S. The van der Waals surface area contributed by atoms with Gasteiger partial charge in [0.1, 0.15) is 19.3 Å². The van der Waals surface area contributed by atoms with Gasteiger partial charge in [-0.15, -0.1) is 0 Å². The molecule has 1 rings (SSSR count). The Labute approximate surface area is 154 Å². The molecule has 6 heteroatoms. The van der Waals surface area contributed by atoms with Crippen LogP contribution in [0, 0.1) is 5.41 Å². The molecule has 0 saturated carbocycles. The summed E-state index contributed by atoms with van der Waals surface area (Å²) in [4.78, 5) is 23.6. The Hall–Kier alpha value is -1.53. The molecule has 0 radical (unpaired) electrons. The number of hydrogen-bond donors (Lipinski definition) is 1. The molecular weight excluding hydrogens is 340 g/mol. The molecule has 0 fully saturated rings. The van der Waals surface area contributed by atoms with Gasteiger partial charge in [-0.05, 0) is 43.5 Å². The van der Waals surface area contributed by atoms with Crippen LogP contribution in [0.2, 0.25) is 0 Å². The van der Waals surface area contributed by atoms with Crippen LogP contribution in [0.3, 0.4) is 0 Å². The normalized spacial score (nSPS) is 13.8. The van der Waals surface area contributed by atoms with E-state index in [4.69, 9.17) is 9.47 Å². The zero-order valence-corrected chi connectivity index (χ0v) is 16.2. The van der Waals surface area contributed by atoms with E-state index in [0.717, 1.165) is 17.3 Å². The van der Waals surface area contributed by atoms with Crippen LogP contribution in [0.4, 0.5) is 4.79 Å². The molecule has 0 saturated heterocycles. The number of benzene rings is 1. The van der Waals surface area contributed by atoms with Crippen molar-refractivity contribution in [1.82, 2.24) is 0 Å². The van der Waals surface area contributed by atoms with Crippen LogP contribution >= 0.6 is 11.8 Å². The van der Waals surface area contributed by atoms with Gasteiger partial charge in [-0.3, -0.25) is 4.79 Å². The summed E-state index contributed by atoms with van der Waals surface area (Å²) < 4.78 is 10.1. The second kappa shape index (κ2) is 10.5. The zero-order valence-electron chi connectivity index (χ0n) is 15.4. The van der Waals surface area contributed by atoms with Crippen molar-refractivity contribution in [1.29, 1.82) is 0 Å². The SMILES string of the molecule is CCC(C)(C)C(=O)OCC(O)COC(=O)SCC(C)c1ccccc1. The molecule has 25 heavy (non-hydrogen) atoms. The standard InChI is InChI=1S/C19H28O5S/c1-5-19(3,4)17(21)23-11-16(20)12-24-18(22)25-13-14(2)15-9-7-6-8-10-15/h6-10,14,16,20H,5,11-13H2,1-4H3. The first kappa shape index (κ1) is 21.5. The molecule has 1 aromatic rings. The van der Waals surface area contributed by atoms with Crippen LogP contribution in [0.15, 0.2) is 30.3 Å². The number of carbonyl (C=O) groups is 2. The number of thioether (sulfide) groups is 1. The van der Waals surface area contributed by atoms with E-state index in [1.807, 2.05) is 44.2 Å². The van der Waals surface area contributed by atoms with Crippen LogP contribution < -0.4 is 0 Å². The Balaban J connectivity index is 2.24. The number of esters is 1. The van der Waals surface area contributed by atoms with Crippen molar-refractivity contribution in [2.24, 2.45) is 5.41 Å². The molecule has 0 aromatic heterocycles. The van der Waals surface area contributed by atoms with Gasteiger partial charge in [0.25, 0.3) is 0 Å². The smallest absolute Gasteiger partial charge is 0.367 e. The highest BCUT2D eigenvalue weighted by molar-refractivity contribution is 8.13. The molecule has 140 valence electrons. The number of hydrogen-bond acceptors (Lipinski definition) is 6. The van der Waals surface area contributed by atoms with E-state index in [-0.39, 0.29) is 25.1 Å². The lowest BCUT2D eigenvalue weighted by molar-refractivity contribution is -0.157. The lowest BCUT2D eigenvalue weighted by Crippen LogP contribution is -2.31. The van der Waals surface area contributed by atoms with E-state index >= 15 is 0 Å². The molecule has 0 amide bonds. The Morgan fingerprint density at radius 3 is 2.36 bits per heavy atom. The predicted octanol–water partition coefficient (Wildman–Crippen LogP) is 4.00. The van der Waals surface area contributed by atoms with Gasteiger partial charge in [0, 0.05) is 5.75 Å². The first-order valence-corrected chi connectivity index (χ1v) is 9.44. The molecule has 0 aliphatic heterocycles. The zero-order chi connectivity index (χ0) is 18.9. The Morgan fingerprint density at radius 2 is 1.76 bits per heavy atom. The molecule has 0 aliphatic carbocycles. The number of aliphatic hydroxyl groups excluding tert-OH is 1. The second-order valence-electron chi connectivity index (χ2n) is 6.67. The topological polar surface area (TPSA) is 72.8 Å². The maximum atomic E-state index is 11.8. The van der Waals surface area contributed by atoms with Crippen LogP contribution in [0.25, 0.3) is 0 Å². The third-order valence-electron chi connectivity index (χ3n) is 4.06. The number of ether oxygens (including phenoxy) is 2. The van der Waals surface area contributed by atoms with Crippen molar-refractivity contribution < 1.29 is 24.2 Å². The van der Waals surface area contributed by atoms with Gasteiger partial charge >= 0.3 is 11.3 Å². The fourth-order valence-corrected chi connectivity index (χ4v) is 2.57. The molecule has 0 bridgehead atoms. The molecule has 0 aliphatic rings. The van der Waals surface area contributed by atoms with Crippen LogP contribution in [0.1, 0.15) is 45.6 Å². The maximum absolute atomic E-state index is 11.8. The second-order valence-corrected chi connectivity index (χ2v) is 7.63. The molecule has 0 heterocycles. The van der Waals surface area contributed by atoms with E-state index in [1.54, 1.807) is 13.8 Å². The lowest BCUT2D eigenvalue weighted by atomic mass is 9.91. The van der Waals surface area contributed by atoms with Crippen molar-refractivity contribution >= 4 is 23.0 Å². The summed E-state index contributed by atoms with van der Waals surface area (Å²) in [7, 11) is 0. The summed E-state index contributed by atoms with van der Waals surface area (Å²) in [5, 5.41) is 9.33. The van der Waals surface area contributed by atoms with E-state index < -0.39 is 16.8 Å². The summed E-state index contributed by atoms with van der Waals surface area (Å²) in [5.74, 6) is 0.450. The average molecular weight is 368 g/mol. The van der Waals surface area contributed by atoms with E-state index in [9.17, 15) is 14.7 Å². The number of rotatable bonds is 9. The summed E-state index contributed by atoms with van der Waals surface area (Å²) >= 11 is 1.07. The minimum atomic E-state index is -1.02. The lowest BCUT2D eigenvalue weighted by Gasteiger charge is -2.21. The monoisotopic (exact) mass is 368 g/mol. The minimum Gasteiger partial charge on any atom is -0.462 e. The first-order valence-electron chi connectivity index (χ1n) is 8.46. The van der Waals surface area contributed by atoms with Crippen molar-refractivity contribution in [2.45, 2.75) is 46.1 Å². The largest absolute Gasteiger partial charge is 0.462 e. The fraction of sp³-hybridized carbons (Fsp3) is 0.579. The van der Waals surface area contributed by atoms with Gasteiger partial charge < -0.3 is 14.6 Å². The van der Waals surface area contributed by atoms with Crippen molar-refractivity contribution in [3.63, 3.8) is 0 Å². The van der Waals surface area contributed by atoms with E-state index in [2.05, 4.69) is 0 Å². The summed E-state index contributed by atoms with van der Waals surface area (Å²) in [6.07, 6.45) is -0.375. The molecule has 1 aromatic carbocycles. The third-order valence-corrected chi connectivity index (χ3v) is 5.08. The van der Waals surface area contributed by atoms with Gasteiger partial charge in [0.05, 0.1) is 5.41 Å². The molecule has 2 atom stereocenters. The quantitative estimate of drug-likeness (QED) is 0.664. The molecule has 2 unspecified atom stereocenters. The van der Waals surface area contributed by atoms with Crippen LogP contribution in [-0.2, 0) is 14.3 Å². The van der Waals surface area contributed by atoms with E-state index in [1.165, 1.54) is 0 Å². The predicted molar refractivity (Wildman–Crippen MR) is 99.7 cm³/mol. The highest BCUT2D eigenvalue weighted by atomic mass is 32.2. The van der Waals surface area contributed by atoms with Crippen LogP contribution in [-0.4, -0.2) is 41.4 Å². The average Bonchev–Trinajstić information content (AvgIpc) is 2.62. The Bertz CT molecular complexity index is 544. The van der Waals surface area contributed by atoms with Crippen molar-refractivity contribution in [2.75, 3.05) is 19.0 Å². The van der Waals surface area contributed by atoms with Gasteiger partial charge in [-0.25, -0.2) is 4.79 Å². The van der Waals surface area contributed by atoms with Gasteiger partial charge in [-0.2, -0.15) is 0 Å². The summed E-state index contributed by atoms with van der Waals surface area (Å²) in [6.45, 7) is 7.14. The minimum absolute atomic E-state index is 0.180. The van der Waals surface area contributed by atoms with Gasteiger partial charge in [-0.1, -0.05) is 44.2 Å². The summed E-state index contributed by atoms with van der Waals surface area (Å²) in [6, 6.07) is 9.92. The first-order chi connectivity index (χ1) is 11.8. The van der Waals surface area contributed by atoms with E-state index in [0.29, 0.717) is 12.2 Å². The Morgan fingerprint density at radius 1 is 1.16 bits per heavy atom. The fourth-order valence-electron chi connectivity index (χ4n) is 1.84. The molecule has 1 N–H and O–H groups in total. The van der Waals surface area contributed by atoms with Crippen molar-refractivity contribution in [3.8, 4) is 0 Å². The number of aliphatic hydroxyl groups is 1. The number of carbonyl (C=O) groups excluding carboxylic acids is 2. The van der Waals surface area contributed by atoms with Crippen molar-refractivity contribution in [3.05, 3.63) is 35.9 Å². The third kappa shape index (κ3) is 7.92. The van der Waals surface area contributed by atoms with Gasteiger partial charge in [0.2, 0.25) is 0 Å². The molecule has 5 nitrogen and oxygen atoms in total. The highest BCUT2D eigenvalue weighted by Gasteiger charge is 2.27. The van der Waals surface area contributed by atoms with Gasteiger partial charge in [0.15, 0.2) is 0 Å². The maximum Gasteiger partial charge on any atom is 0.367 e. The highest BCUT2D eigenvalue weighted by Crippen LogP contribution is 2.22. The Kier molecular flexibility index (Phi) is 9.00. The molecule has 0 spiro atoms. The van der Waals surface area contributed by atoms with Crippen LogP contribution in [0.5, 0.6) is 0 Å². The summed E-state index contributed by atoms with van der Waals surface area (Å²) in [5.41, 5.74) is 0.577.